The SMILES string of the molecule is Cc1cc(C(=O)O)sc1C#CCC=O. The van der Waals surface area contributed by atoms with Crippen LogP contribution in [0, 0.1) is 18.8 Å². The van der Waals surface area contributed by atoms with E-state index in [-0.39, 0.29) is 11.3 Å². The summed E-state index contributed by atoms with van der Waals surface area (Å²) in [5.41, 5.74) is 0.839. The number of carboxylic acid groups (broad SMARTS) is 1. The molecule has 0 saturated carbocycles. The Kier molecular flexibility index (Phi) is 3.43. The first kappa shape index (κ1) is 10.5. The molecule has 0 aliphatic heterocycles. The molecule has 0 bridgehead atoms. The van der Waals surface area contributed by atoms with Crippen molar-refractivity contribution in [3.8, 4) is 11.8 Å². The van der Waals surface area contributed by atoms with Crippen molar-refractivity contribution < 1.29 is 14.7 Å². The predicted octanol–water partition coefficient (Wildman–Crippen LogP) is 1.70. The highest BCUT2D eigenvalue weighted by Crippen LogP contribution is 2.20. The maximum Gasteiger partial charge on any atom is 0.345 e. The number of aldehydes is 1. The average molecular weight is 208 g/mol. The van der Waals surface area contributed by atoms with Crippen LogP contribution in [0.15, 0.2) is 6.07 Å². The third-order valence-electron chi connectivity index (χ3n) is 1.52. The Balaban J connectivity index is 2.94. The first-order valence-electron chi connectivity index (χ1n) is 3.91. The molecule has 0 aliphatic rings. The molecule has 0 aromatic carbocycles. The Labute approximate surface area is 85.4 Å². The van der Waals surface area contributed by atoms with Crippen LogP contribution >= 0.6 is 11.3 Å². The molecule has 1 N–H and O–H groups in total. The topological polar surface area (TPSA) is 54.4 Å². The molecule has 0 aliphatic carbocycles. The van der Waals surface area contributed by atoms with Crippen LogP contribution in [0.25, 0.3) is 0 Å². The van der Waals surface area contributed by atoms with Gasteiger partial charge in [-0.25, -0.2) is 4.79 Å². The summed E-state index contributed by atoms with van der Waals surface area (Å²) < 4.78 is 0. The molecule has 0 saturated heterocycles. The van der Waals surface area contributed by atoms with Gasteiger partial charge in [-0.3, -0.25) is 0 Å². The van der Waals surface area contributed by atoms with Gasteiger partial charge in [0.15, 0.2) is 0 Å². The number of carboxylic acids is 1. The lowest BCUT2D eigenvalue weighted by Crippen LogP contribution is -1.89. The first-order chi connectivity index (χ1) is 6.65. The van der Waals surface area contributed by atoms with Gasteiger partial charge in [-0.15, -0.1) is 11.3 Å². The molecule has 1 aromatic rings. The Hall–Kier alpha value is -1.60. The van der Waals surface area contributed by atoms with Gasteiger partial charge in [0.1, 0.15) is 11.2 Å². The van der Waals surface area contributed by atoms with Gasteiger partial charge in [0, 0.05) is 0 Å². The van der Waals surface area contributed by atoms with Crippen molar-refractivity contribution in [2.24, 2.45) is 0 Å². The number of aryl methyl sites for hydroxylation is 1. The lowest BCUT2D eigenvalue weighted by atomic mass is 10.2. The second-order valence-corrected chi connectivity index (χ2v) is 3.65. The fourth-order valence-electron chi connectivity index (χ4n) is 0.885. The third kappa shape index (κ3) is 2.44. The Morgan fingerprint density at radius 2 is 2.43 bits per heavy atom. The van der Waals surface area contributed by atoms with Crippen LogP contribution in [0.4, 0.5) is 0 Å². The summed E-state index contributed by atoms with van der Waals surface area (Å²) in [6.45, 7) is 1.80. The maximum atomic E-state index is 10.6. The van der Waals surface area contributed by atoms with Crippen molar-refractivity contribution in [1.29, 1.82) is 0 Å². The van der Waals surface area contributed by atoms with Gasteiger partial charge in [0.25, 0.3) is 0 Å². The zero-order valence-corrected chi connectivity index (χ0v) is 8.35. The maximum absolute atomic E-state index is 10.6. The van der Waals surface area contributed by atoms with Gasteiger partial charge in [-0.05, 0) is 18.6 Å². The summed E-state index contributed by atoms with van der Waals surface area (Å²) in [5, 5.41) is 8.70. The summed E-state index contributed by atoms with van der Waals surface area (Å²) in [6.07, 6.45) is 0.897. The number of aromatic carboxylic acids is 1. The van der Waals surface area contributed by atoms with E-state index in [4.69, 9.17) is 5.11 Å². The highest BCUT2D eigenvalue weighted by Gasteiger charge is 2.08. The molecule has 0 fully saturated rings. The van der Waals surface area contributed by atoms with Crippen molar-refractivity contribution in [1.82, 2.24) is 0 Å². The van der Waals surface area contributed by atoms with E-state index in [1.807, 2.05) is 0 Å². The lowest BCUT2D eigenvalue weighted by Gasteiger charge is -1.82. The zero-order chi connectivity index (χ0) is 10.6. The average Bonchev–Trinajstić information content (AvgIpc) is 2.49. The molecule has 72 valence electrons. The Morgan fingerprint density at radius 3 is 2.93 bits per heavy atom. The van der Waals surface area contributed by atoms with E-state index >= 15 is 0 Å². The van der Waals surface area contributed by atoms with Crippen LogP contribution in [-0.2, 0) is 4.79 Å². The molecule has 14 heavy (non-hydrogen) atoms. The third-order valence-corrected chi connectivity index (χ3v) is 2.66. The minimum Gasteiger partial charge on any atom is -0.477 e. The van der Waals surface area contributed by atoms with E-state index < -0.39 is 5.97 Å². The van der Waals surface area contributed by atoms with Crippen LogP contribution < -0.4 is 0 Å². The van der Waals surface area contributed by atoms with E-state index in [0.29, 0.717) is 11.2 Å². The van der Waals surface area contributed by atoms with E-state index in [1.54, 1.807) is 13.0 Å². The molecule has 0 spiro atoms. The monoisotopic (exact) mass is 208 g/mol. The summed E-state index contributed by atoms with van der Waals surface area (Å²) in [6, 6.07) is 1.58. The summed E-state index contributed by atoms with van der Waals surface area (Å²) in [7, 11) is 0. The van der Waals surface area contributed by atoms with Crippen LogP contribution in [0.3, 0.4) is 0 Å². The van der Waals surface area contributed by atoms with E-state index in [9.17, 15) is 9.59 Å². The predicted molar refractivity (Wildman–Crippen MR) is 53.6 cm³/mol. The van der Waals surface area contributed by atoms with Crippen LogP contribution in [0.2, 0.25) is 0 Å². The van der Waals surface area contributed by atoms with E-state index in [0.717, 1.165) is 16.9 Å². The second kappa shape index (κ2) is 4.58. The fraction of sp³-hybridized carbons (Fsp3) is 0.200. The minimum absolute atomic E-state index is 0.180. The molecular weight excluding hydrogens is 200 g/mol. The van der Waals surface area contributed by atoms with E-state index in [1.165, 1.54) is 0 Å². The molecule has 0 unspecified atom stereocenters. The number of thiophene rings is 1. The zero-order valence-electron chi connectivity index (χ0n) is 7.53. The van der Waals surface area contributed by atoms with Crippen LogP contribution in [0.1, 0.15) is 26.5 Å². The molecule has 0 amide bonds. The summed E-state index contributed by atoms with van der Waals surface area (Å²) >= 11 is 1.13. The van der Waals surface area contributed by atoms with Gasteiger partial charge in [0.05, 0.1) is 11.3 Å². The summed E-state index contributed by atoms with van der Waals surface area (Å²) in [5.74, 6) is 4.46. The molecule has 0 atom stereocenters. The van der Waals surface area contributed by atoms with Gasteiger partial charge in [-0.1, -0.05) is 11.8 Å². The van der Waals surface area contributed by atoms with Gasteiger partial charge >= 0.3 is 5.97 Å². The summed E-state index contributed by atoms with van der Waals surface area (Å²) in [4.78, 5) is 21.6. The molecular formula is C10H8O3S. The quantitative estimate of drug-likeness (QED) is 0.594. The fourth-order valence-corrected chi connectivity index (χ4v) is 1.77. The molecule has 3 nitrogen and oxygen atoms in total. The first-order valence-corrected chi connectivity index (χ1v) is 4.73. The molecule has 1 aromatic heterocycles. The number of hydrogen-bond acceptors (Lipinski definition) is 3. The standard InChI is InChI=1S/C10H8O3S/c1-7-6-9(10(12)13)14-8(7)4-2-3-5-11/h5-6H,3H2,1H3,(H,12,13). The number of hydrogen-bond donors (Lipinski definition) is 1. The molecule has 1 rings (SSSR count). The normalized spacial score (nSPS) is 8.93. The van der Waals surface area contributed by atoms with Crippen molar-refractivity contribution in [2.75, 3.05) is 0 Å². The number of rotatable bonds is 2. The van der Waals surface area contributed by atoms with Gasteiger partial charge in [-0.2, -0.15) is 0 Å². The minimum atomic E-state index is -0.943. The number of carbonyl (C=O) groups excluding carboxylic acids is 1. The Morgan fingerprint density at radius 1 is 1.71 bits per heavy atom. The lowest BCUT2D eigenvalue weighted by molar-refractivity contribution is -0.107. The molecule has 1 heterocycles. The van der Waals surface area contributed by atoms with E-state index in [2.05, 4.69) is 11.8 Å². The Bertz CT molecular complexity index is 420. The van der Waals surface area contributed by atoms with Crippen LogP contribution in [-0.4, -0.2) is 17.4 Å². The molecule has 4 heteroatoms. The van der Waals surface area contributed by atoms with Crippen molar-refractivity contribution in [3.63, 3.8) is 0 Å². The number of carbonyl (C=O) groups is 2. The van der Waals surface area contributed by atoms with Gasteiger partial charge in [0.2, 0.25) is 0 Å². The largest absolute Gasteiger partial charge is 0.477 e. The highest BCUT2D eigenvalue weighted by molar-refractivity contribution is 7.14. The smallest absolute Gasteiger partial charge is 0.345 e. The second-order valence-electron chi connectivity index (χ2n) is 2.60. The van der Waals surface area contributed by atoms with Crippen molar-refractivity contribution >= 4 is 23.6 Å². The van der Waals surface area contributed by atoms with Crippen molar-refractivity contribution in [2.45, 2.75) is 13.3 Å². The van der Waals surface area contributed by atoms with Gasteiger partial charge < -0.3 is 9.90 Å². The van der Waals surface area contributed by atoms with Crippen LogP contribution in [0.5, 0.6) is 0 Å². The van der Waals surface area contributed by atoms with Crippen molar-refractivity contribution in [3.05, 3.63) is 21.4 Å². The molecule has 0 radical (unpaired) electrons. The highest BCUT2D eigenvalue weighted by atomic mass is 32.1.